The van der Waals surface area contributed by atoms with Gasteiger partial charge in [-0.3, -0.25) is 4.98 Å². The van der Waals surface area contributed by atoms with E-state index in [0.717, 1.165) is 17.3 Å². The highest BCUT2D eigenvalue weighted by molar-refractivity contribution is 7.09. The minimum atomic E-state index is -4.42. The van der Waals surface area contributed by atoms with E-state index in [0.29, 0.717) is 5.69 Å². The molecule has 0 saturated heterocycles. The van der Waals surface area contributed by atoms with Gasteiger partial charge in [0, 0.05) is 30.2 Å². The molecule has 0 spiro atoms. The third-order valence-electron chi connectivity index (χ3n) is 2.65. The Bertz CT molecular complexity index is 565. The Morgan fingerprint density at radius 3 is 2.74 bits per heavy atom. The van der Waals surface area contributed by atoms with Crippen LogP contribution in [0.4, 0.5) is 13.2 Å². The maximum absolute atomic E-state index is 12.9. The van der Waals surface area contributed by atoms with Crippen molar-refractivity contribution in [2.75, 3.05) is 0 Å². The number of nitrogens with two attached hydrogens (primary N) is 1. The van der Waals surface area contributed by atoms with Gasteiger partial charge in [0.05, 0.1) is 16.3 Å². The molecule has 3 nitrogen and oxygen atoms in total. The zero-order valence-corrected chi connectivity index (χ0v) is 10.9. The number of pyridine rings is 1. The Labute approximate surface area is 112 Å². The molecule has 2 heterocycles. The molecule has 2 aromatic heterocycles. The molecule has 0 bridgehead atoms. The molecule has 0 amide bonds. The van der Waals surface area contributed by atoms with Gasteiger partial charge in [0.2, 0.25) is 0 Å². The van der Waals surface area contributed by atoms with Gasteiger partial charge in [-0.15, -0.1) is 11.3 Å². The molecule has 0 fully saturated rings. The molecular weight excluding hydrogens is 275 g/mol. The van der Waals surface area contributed by atoms with Crippen molar-refractivity contribution in [2.24, 2.45) is 5.73 Å². The van der Waals surface area contributed by atoms with Crippen LogP contribution in [0.1, 0.15) is 27.9 Å². The molecule has 1 unspecified atom stereocenters. The predicted octanol–water partition coefficient (Wildman–Crippen LogP) is 3.11. The van der Waals surface area contributed by atoms with Gasteiger partial charge in [-0.05, 0) is 18.6 Å². The SMILES string of the molecule is Cc1nc(CC(N)c2cnccc2C(F)(F)F)cs1. The molecule has 0 saturated carbocycles. The van der Waals surface area contributed by atoms with E-state index in [1.54, 1.807) is 5.38 Å². The standard InChI is InChI=1S/C12H12F3N3S/c1-7-18-8(6-19-7)4-11(16)9-5-17-3-2-10(9)12(13,14)15/h2-3,5-6,11H,4,16H2,1H3. The zero-order chi connectivity index (χ0) is 14.0. The van der Waals surface area contributed by atoms with Gasteiger partial charge in [-0.2, -0.15) is 13.2 Å². The monoisotopic (exact) mass is 287 g/mol. The van der Waals surface area contributed by atoms with Crippen molar-refractivity contribution in [1.29, 1.82) is 0 Å². The number of nitrogens with zero attached hydrogens (tertiary/aromatic N) is 2. The third kappa shape index (κ3) is 3.30. The van der Waals surface area contributed by atoms with E-state index in [-0.39, 0.29) is 12.0 Å². The van der Waals surface area contributed by atoms with E-state index in [1.807, 2.05) is 6.92 Å². The molecule has 0 aliphatic heterocycles. The van der Waals surface area contributed by atoms with Crippen LogP contribution in [0, 0.1) is 6.92 Å². The fourth-order valence-electron chi connectivity index (χ4n) is 1.80. The van der Waals surface area contributed by atoms with Gasteiger partial charge >= 0.3 is 6.18 Å². The van der Waals surface area contributed by atoms with Crippen LogP contribution in [0.5, 0.6) is 0 Å². The van der Waals surface area contributed by atoms with Crippen LogP contribution in [-0.4, -0.2) is 9.97 Å². The highest BCUT2D eigenvalue weighted by atomic mass is 32.1. The molecule has 2 aromatic rings. The summed E-state index contributed by atoms with van der Waals surface area (Å²) in [6.45, 7) is 1.84. The summed E-state index contributed by atoms with van der Waals surface area (Å²) < 4.78 is 38.6. The van der Waals surface area contributed by atoms with Crippen LogP contribution in [0.15, 0.2) is 23.8 Å². The molecule has 102 valence electrons. The number of rotatable bonds is 3. The van der Waals surface area contributed by atoms with Gasteiger partial charge in [0.15, 0.2) is 0 Å². The summed E-state index contributed by atoms with van der Waals surface area (Å²) in [4.78, 5) is 7.93. The first-order chi connectivity index (χ1) is 8.88. The molecule has 1 atom stereocenters. The summed E-state index contributed by atoms with van der Waals surface area (Å²) in [7, 11) is 0. The maximum atomic E-state index is 12.9. The molecule has 0 radical (unpaired) electrons. The predicted molar refractivity (Wildman–Crippen MR) is 66.7 cm³/mol. The van der Waals surface area contributed by atoms with Crippen LogP contribution in [0.25, 0.3) is 0 Å². The number of alkyl halides is 3. The van der Waals surface area contributed by atoms with E-state index in [1.165, 1.54) is 17.5 Å². The smallest absolute Gasteiger partial charge is 0.324 e. The number of hydrogen-bond donors (Lipinski definition) is 1. The summed E-state index contributed by atoms with van der Waals surface area (Å²) in [5.41, 5.74) is 5.83. The third-order valence-corrected chi connectivity index (χ3v) is 3.47. The Kier molecular flexibility index (Phi) is 3.86. The summed E-state index contributed by atoms with van der Waals surface area (Å²) in [5.74, 6) is 0. The van der Waals surface area contributed by atoms with Crippen molar-refractivity contribution in [3.63, 3.8) is 0 Å². The van der Waals surface area contributed by atoms with Crippen LogP contribution in [0.3, 0.4) is 0 Å². The summed E-state index contributed by atoms with van der Waals surface area (Å²) in [6, 6.07) is 0.174. The number of aryl methyl sites for hydroxylation is 1. The summed E-state index contributed by atoms with van der Waals surface area (Å²) >= 11 is 1.45. The highest BCUT2D eigenvalue weighted by Gasteiger charge is 2.34. The van der Waals surface area contributed by atoms with Crippen LogP contribution < -0.4 is 5.73 Å². The van der Waals surface area contributed by atoms with Gasteiger partial charge in [-0.1, -0.05) is 0 Å². The number of thiazole rings is 1. The van der Waals surface area contributed by atoms with Crippen LogP contribution in [0.2, 0.25) is 0 Å². The molecule has 0 aliphatic carbocycles. The highest BCUT2D eigenvalue weighted by Crippen LogP contribution is 2.34. The lowest BCUT2D eigenvalue weighted by Gasteiger charge is -2.16. The second-order valence-corrected chi connectivity index (χ2v) is 5.19. The van der Waals surface area contributed by atoms with Crippen LogP contribution in [-0.2, 0) is 12.6 Å². The number of aromatic nitrogens is 2. The van der Waals surface area contributed by atoms with Crippen molar-refractivity contribution < 1.29 is 13.2 Å². The van der Waals surface area contributed by atoms with Gasteiger partial charge in [0.1, 0.15) is 0 Å². The first kappa shape index (κ1) is 14.0. The molecule has 7 heteroatoms. The van der Waals surface area contributed by atoms with Crippen molar-refractivity contribution in [1.82, 2.24) is 9.97 Å². The zero-order valence-electron chi connectivity index (χ0n) is 10.1. The first-order valence-corrected chi connectivity index (χ1v) is 6.43. The molecular formula is C12H12F3N3S. The summed E-state index contributed by atoms with van der Waals surface area (Å²) in [6.07, 6.45) is -1.87. The number of halogens is 3. The van der Waals surface area contributed by atoms with E-state index in [9.17, 15) is 13.2 Å². The average molecular weight is 287 g/mol. The molecule has 0 aliphatic rings. The van der Waals surface area contributed by atoms with E-state index >= 15 is 0 Å². The quantitative estimate of drug-likeness (QED) is 0.943. The van der Waals surface area contributed by atoms with Crippen LogP contribution >= 0.6 is 11.3 Å². The largest absolute Gasteiger partial charge is 0.416 e. The second-order valence-electron chi connectivity index (χ2n) is 4.13. The maximum Gasteiger partial charge on any atom is 0.416 e. The minimum Gasteiger partial charge on any atom is -0.324 e. The summed E-state index contributed by atoms with van der Waals surface area (Å²) in [5, 5.41) is 2.67. The fourth-order valence-corrected chi connectivity index (χ4v) is 2.42. The van der Waals surface area contributed by atoms with Crippen molar-refractivity contribution in [3.8, 4) is 0 Å². The molecule has 0 aromatic carbocycles. The Hall–Kier alpha value is -1.47. The number of hydrogen-bond acceptors (Lipinski definition) is 4. The van der Waals surface area contributed by atoms with Gasteiger partial charge in [-0.25, -0.2) is 4.98 Å². The topological polar surface area (TPSA) is 51.8 Å². The lowest BCUT2D eigenvalue weighted by atomic mass is 10.00. The molecule has 19 heavy (non-hydrogen) atoms. The first-order valence-electron chi connectivity index (χ1n) is 5.55. The van der Waals surface area contributed by atoms with Crippen molar-refractivity contribution in [2.45, 2.75) is 25.6 Å². The van der Waals surface area contributed by atoms with E-state index in [2.05, 4.69) is 9.97 Å². The Morgan fingerprint density at radius 2 is 2.16 bits per heavy atom. The van der Waals surface area contributed by atoms with E-state index < -0.39 is 17.8 Å². The molecule has 2 N–H and O–H groups in total. The van der Waals surface area contributed by atoms with Gasteiger partial charge < -0.3 is 5.73 Å². The van der Waals surface area contributed by atoms with E-state index in [4.69, 9.17) is 5.73 Å². The van der Waals surface area contributed by atoms with Crippen molar-refractivity contribution >= 4 is 11.3 Å². The second kappa shape index (κ2) is 5.26. The molecule has 2 rings (SSSR count). The fraction of sp³-hybridized carbons (Fsp3) is 0.333. The van der Waals surface area contributed by atoms with Gasteiger partial charge in [0.25, 0.3) is 0 Å². The Morgan fingerprint density at radius 1 is 1.42 bits per heavy atom. The normalized spacial score (nSPS) is 13.5. The average Bonchev–Trinajstić information content (AvgIpc) is 2.73. The minimum absolute atomic E-state index is 0.000605. The lowest BCUT2D eigenvalue weighted by molar-refractivity contribution is -0.138. The lowest BCUT2D eigenvalue weighted by Crippen LogP contribution is -2.19. The Balaban J connectivity index is 2.26. The van der Waals surface area contributed by atoms with Crippen molar-refractivity contribution in [3.05, 3.63) is 45.7 Å².